The topological polar surface area (TPSA) is 111 Å². The van der Waals surface area contributed by atoms with Crippen molar-refractivity contribution in [1.82, 2.24) is 20.9 Å². The summed E-state index contributed by atoms with van der Waals surface area (Å²) in [6, 6.07) is 14.8. The van der Waals surface area contributed by atoms with Gasteiger partial charge in [-0.3, -0.25) is 14.5 Å². The number of nitrogens with one attached hydrogen (secondary N) is 3. The van der Waals surface area contributed by atoms with Crippen LogP contribution in [0.1, 0.15) is 38.3 Å². The Labute approximate surface area is 200 Å². The first-order valence-electron chi connectivity index (χ1n) is 11.8. The molecule has 0 unspecified atom stereocenters. The molecule has 1 aliphatic heterocycles. The van der Waals surface area contributed by atoms with Gasteiger partial charge in [0.2, 0.25) is 11.8 Å². The number of carboxylic acids is 1. The van der Waals surface area contributed by atoms with Crippen LogP contribution in [0.4, 0.5) is 0 Å². The summed E-state index contributed by atoms with van der Waals surface area (Å²) >= 11 is 0. The highest BCUT2D eigenvalue weighted by Gasteiger charge is 2.25. The number of aliphatic carboxylic acids is 1. The van der Waals surface area contributed by atoms with Crippen molar-refractivity contribution in [2.75, 3.05) is 26.2 Å². The molecule has 0 aliphatic carbocycles. The van der Waals surface area contributed by atoms with Crippen LogP contribution in [0, 0.1) is 0 Å². The molecule has 0 saturated carbocycles. The van der Waals surface area contributed by atoms with Crippen LogP contribution in [0.3, 0.4) is 0 Å². The van der Waals surface area contributed by atoms with E-state index in [0.29, 0.717) is 6.04 Å². The summed E-state index contributed by atoms with van der Waals surface area (Å²) in [5, 5.41) is 19.6. The maximum Gasteiger partial charge on any atom is 0.328 e. The molecule has 1 aliphatic rings. The number of carboxylic acid groups (broad SMARTS) is 1. The van der Waals surface area contributed by atoms with Crippen LogP contribution in [-0.2, 0) is 14.4 Å². The summed E-state index contributed by atoms with van der Waals surface area (Å²) in [5.41, 5.74) is 1.34. The summed E-state index contributed by atoms with van der Waals surface area (Å²) in [4.78, 5) is 37.2. The van der Waals surface area contributed by atoms with Crippen molar-refractivity contribution in [2.45, 2.75) is 44.8 Å². The summed E-state index contributed by atoms with van der Waals surface area (Å²) in [7, 11) is 0. The Morgan fingerprint density at radius 2 is 1.79 bits per heavy atom. The average molecular weight is 467 g/mol. The molecule has 2 amide bonds. The van der Waals surface area contributed by atoms with Crippen molar-refractivity contribution in [3.63, 3.8) is 0 Å². The van der Waals surface area contributed by atoms with E-state index in [1.807, 2.05) is 0 Å². The van der Waals surface area contributed by atoms with Gasteiger partial charge in [0.05, 0.1) is 6.54 Å². The molecule has 3 rings (SSSR count). The van der Waals surface area contributed by atoms with E-state index in [2.05, 4.69) is 70.2 Å². The van der Waals surface area contributed by atoms with Gasteiger partial charge in [-0.2, -0.15) is 0 Å². The molecule has 2 atom stereocenters. The number of piperidine rings is 1. The lowest BCUT2D eigenvalue weighted by Gasteiger charge is -2.37. The van der Waals surface area contributed by atoms with Crippen LogP contribution < -0.4 is 16.0 Å². The van der Waals surface area contributed by atoms with E-state index in [1.54, 1.807) is 6.92 Å². The van der Waals surface area contributed by atoms with Gasteiger partial charge in [0.1, 0.15) is 6.04 Å². The van der Waals surface area contributed by atoms with Gasteiger partial charge in [0, 0.05) is 37.8 Å². The normalized spacial score (nSPS) is 16.9. The zero-order valence-electron chi connectivity index (χ0n) is 19.8. The van der Waals surface area contributed by atoms with Gasteiger partial charge < -0.3 is 21.1 Å². The summed E-state index contributed by atoms with van der Waals surface area (Å²) in [6.45, 7) is 6.01. The Bertz CT molecular complexity index is 1030. The zero-order chi connectivity index (χ0) is 24.5. The van der Waals surface area contributed by atoms with Gasteiger partial charge >= 0.3 is 5.97 Å². The Hall–Kier alpha value is -3.23. The highest BCUT2D eigenvalue weighted by molar-refractivity contribution is 5.88. The molecule has 1 heterocycles. The van der Waals surface area contributed by atoms with Crippen molar-refractivity contribution < 1.29 is 19.5 Å². The number of fused-ring (bicyclic) bond motifs is 1. The van der Waals surface area contributed by atoms with Crippen LogP contribution in [0.5, 0.6) is 0 Å². The Morgan fingerprint density at radius 3 is 2.53 bits per heavy atom. The third-order valence-electron chi connectivity index (χ3n) is 6.33. The maximum atomic E-state index is 12.2. The Balaban J connectivity index is 1.40. The van der Waals surface area contributed by atoms with Gasteiger partial charge in [-0.15, -0.1) is 0 Å². The van der Waals surface area contributed by atoms with E-state index < -0.39 is 12.0 Å². The third-order valence-corrected chi connectivity index (χ3v) is 6.33. The minimum Gasteiger partial charge on any atom is -0.478 e. The fourth-order valence-corrected chi connectivity index (χ4v) is 4.37. The summed E-state index contributed by atoms with van der Waals surface area (Å²) in [5.74, 6) is -1.68. The highest BCUT2D eigenvalue weighted by Crippen LogP contribution is 2.29. The zero-order valence-corrected chi connectivity index (χ0v) is 19.8. The van der Waals surface area contributed by atoms with Crippen molar-refractivity contribution in [1.29, 1.82) is 0 Å². The lowest BCUT2D eigenvalue weighted by atomic mass is 9.96. The molecule has 4 N–H and O–H groups in total. The number of carbonyl (C=O) groups is 3. The second-order valence-electron chi connectivity index (χ2n) is 8.71. The standard InChI is InChI=1S/C26H34N4O4/c1-18(26(34)27-14-6-11-25(32)33)29-24(31)17-28-21-12-15-30(16-13-21)19(2)22-10-5-8-20-7-3-4-9-23(20)22/h3-11,18-19,21,28H,12-17H2,1-2H3,(H,27,34)(H,29,31)(H,32,33)/b11-6+/t18-,19-/m1/s1. The largest absolute Gasteiger partial charge is 0.478 e. The molecule has 1 saturated heterocycles. The monoisotopic (exact) mass is 466 g/mol. The molecular weight excluding hydrogens is 432 g/mol. The summed E-state index contributed by atoms with van der Waals surface area (Å²) in [6.07, 6.45) is 4.20. The van der Waals surface area contributed by atoms with E-state index >= 15 is 0 Å². The molecule has 2 aromatic carbocycles. The van der Waals surface area contributed by atoms with Crippen LogP contribution in [-0.4, -0.2) is 66.1 Å². The van der Waals surface area contributed by atoms with Crippen molar-refractivity contribution in [2.24, 2.45) is 0 Å². The van der Waals surface area contributed by atoms with Crippen molar-refractivity contribution in [3.05, 3.63) is 60.2 Å². The number of hydrogen-bond acceptors (Lipinski definition) is 5. The first kappa shape index (κ1) is 25.4. The molecule has 0 radical (unpaired) electrons. The minimum absolute atomic E-state index is 0.0966. The van der Waals surface area contributed by atoms with E-state index in [0.717, 1.165) is 32.0 Å². The predicted octanol–water partition coefficient (Wildman–Crippen LogP) is 2.22. The van der Waals surface area contributed by atoms with E-state index in [9.17, 15) is 14.4 Å². The molecule has 8 nitrogen and oxygen atoms in total. The number of nitrogens with zero attached hydrogens (tertiary/aromatic N) is 1. The van der Waals surface area contributed by atoms with Gasteiger partial charge in [-0.25, -0.2) is 4.79 Å². The van der Waals surface area contributed by atoms with Gasteiger partial charge in [-0.05, 0) is 43.0 Å². The van der Waals surface area contributed by atoms with Gasteiger partial charge in [0.15, 0.2) is 0 Å². The molecule has 8 heteroatoms. The minimum atomic E-state index is -1.07. The van der Waals surface area contributed by atoms with E-state index in [-0.39, 0.29) is 30.9 Å². The molecule has 0 spiro atoms. The second kappa shape index (κ2) is 12.3. The number of amides is 2. The third kappa shape index (κ3) is 7.13. The van der Waals surface area contributed by atoms with E-state index in [1.165, 1.54) is 22.4 Å². The number of hydrogen-bond donors (Lipinski definition) is 4. The van der Waals surface area contributed by atoms with Crippen LogP contribution in [0.2, 0.25) is 0 Å². The SMILES string of the molecule is C[C@H](c1cccc2ccccc12)N1CCC(NCC(=O)N[C@H](C)C(=O)NC/C=C/C(=O)O)CC1. The fourth-order valence-electron chi connectivity index (χ4n) is 4.37. The number of rotatable bonds is 10. The average Bonchev–Trinajstić information content (AvgIpc) is 2.84. The smallest absolute Gasteiger partial charge is 0.328 e. The molecular formula is C26H34N4O4. The Morgan fingerprint density at radius 1 is 1.09 bits per heavy atom. The first-order valence-corrected chi connectivity index (χ1v) is 11.8. The number of carbonyl (C=O) groups excluding carboxylic acids is 2. The van der Waals surface area contributed by atoms with Gasteiger partial charge in [-0.1, -0.05) is 48.5 Å². The molecule has 1 fully saturated rings. The van der Waals surface area contributed by atoms with Gasteiger partial charge in [0.25, 0.3) is 0 Å². The van der Waals surface area contributed by atoms with Crippen LogP contribution in [0.15, 0.2) is 54.6 Å². The predicted molar refractivity (Wildman–Crippen MR) is 132 cm³/mol. The van der Waals surface area contributed by atoms with Crippen molar-refractivity contribution >= 4 is 28.6 Å². The molecule has 182 valence electrons. The lowest BCUT2D eigenvalue weighted by molar-refractivity contribution is -0.131. The summed E-state index contributed by atoms with van der Waals surface area (Å²) < 4.78 is 0. The van der Waals surface area contributed by atoms with E-state index in [4.69, 9.17) is 5.11 Å². The van der Waals surface area contributed by atoms with Crippen molar-refractivity contribution in [3.8, 4) is 0 Å². The fraction of sp³-hybridized carbons (Fsp3) is 0.423. The molecule has 34 heavy (non-hydrogen) atoms. The lowest BCUT2D eigenvalue weighted by Crippen LogP contribution is -2.50. The van der Waals surface area contributed by atoms with Crippen LogP contribution >= 0.6 is 0 Å². The molecule has 0 bridgehead atoms. The first-order chi connectivity index (χ1) is 16.3. The maximum absolute atomic E-state index is 12.2. The highest BCUT2D eigenvalue weighted by atomic mass is 16.4. The molecule has 2 aromatic rings. The molecule has 0 aromatic heterocycles. The second-order valence-corrected chi connectivity index (χ2v) is 8.71. The quantitative estimate of drug-likeness (QED) is 0.400. The number of benzene rings is 2. The number of likely N-dealkylation sites (tertiary alicyclic amines) is 1. The Kier molecular flexibility index (Phi) is 9.18. The van der Waals surface area contributed by atoms with Crippen LogP contribution in [0.25, 0.3) is 10.8 Å².